The maximum Gasteiger partial charge on any atom is 0.404 e. The first-order valence-corrected chi connectivity index (χ1v) is 7.11. The number of rotatable bonds is 5. The molecule has 0 saturated heterocycles. The van der Waals surface area contributed by atoms with Crippen molar-refractivity contribution in [3.63, 3.8) is 0 Å². The molecule has 0 aromatic carbocycles. The van der Waals surface area contributed by atoms with Gasteiger partial charge in [0.1, 0.15) is 11.2 Å². The fourth-order valence-electron chi connectivity index (χ4n) is 2.31. The molecule has 2 unspecified atom stereocenters. The van der Waals surface area contributed by atoms with Crippen LogP contribution >= 0.6 is 15.9 Å². The molecule has 1 heterocycles. The van der Waals surface area contributed by atoms with E-state index >= 15 is 0 Å². The van der Waals surface area contributed by atoms with E-state index in [1.165, 1.54) is 0 Å². The van der Waals surface area contributed by atoms with Crippen molar-refractivity contribution in [2.75, 3.05) is 13.7 Å². The van der Waals surface area contributed by atoms with Gasteiger partial charge >= 0.3 is 6.09 Å². The second-order valence-electron chi connectivity index (χ2n) is 5.66. The Bertz CT molecular complexity index is 443. The number of halogens is 1. The van der Waals surface area contributed by atoms with Gasteiger partial charge in [-0.1, -0.05) is 26.8 Å². The van der Waals surface area contributed by atoms with Crippen LogP contribution in [0.3, 0.4) is 0 Å². The fourth-order valence-corrected chi connectivity index (χ4v) is 2.54. The Morgan fingerprint density at radius 3 is 2.50 bits per heavy atom. The molecule has 2 N–H and O–H groups in total. The molecule has 0 radical (unpaired) electrons. The van der Waals surface area contributed by atoms with Crippen LogP contribution in [-0.4, -0.2) is 30.9 Å². The van der Waals surface area contributed by atoms with Gasteiger partial charge in [0.15, 0.2) is 0 Å². The number of nitrogens with two attached hydrogens (primary N) is 1. The Labute approximate surface area is 128 Å². The van der Waals surface area contributed by atoms with E-state index in [1.807, 2.05) is 12.1 Å². The highest BCUT2D eigenvalue weighted by Gasteiger charge is 2.34. The average Bonchev–Trinajstić information content (AvgIpc) is 2.34. The third-order valence-corrected chi connectivity index (χ3v) is 3.58. The Kier molecular flexibility index (Phi) is 5.95. The summed E-state index contributed by atoms with van der Waals surface area (Å²) in [6.07, 6.45) is 0.718. The predicted octanol–water partition coefficient (Wildman–Crippen LogP) is 3.08. The predicted molar refractivity (Wildman–Crippen MR) is 80.5 cm³/mol. The Balaban J connectivity index is 3.04. The molecule has 6 heteroatoms. The Morgan fingerprint density at radius 1 is 1.45 bits per heavy atom. The van der Waals surface area contributed by atoms with Gasteiger partial charge < -0.3 is 15.2 Å². The molecule has 2 atom stereocenters. The lowest BCUT2D eigenvalue weighted by Gasteiger charge is -2.36. The van der Waals surface area contributed by atoms with Crippen molar-refractivity contribution in [2.45, 2.75) is 32.8 Å². The first-order valence-electron chi connectivity index (χ1n) is 6.32. The van der Waals surface area contributed by atoms with E-state index in [0.717, 1.165) is 10.2 Å². The molecule has 0 aliphatic rings. The number of hydrogen-bond acceptors (Lipinski definition) is 4. The number of methoxy groups -OCH3 is 1. The average molecular weight is 345 g/mol. The van der Waals surface area contributed by atoms with Gasteiger partial charge in [0.05, 0.1) is 6.10 Å². The second-order valence-corrected chi connectivity index (χ2v) is 6.47. The molecule has 112 valence electrons. The smallest absolute Gasteiger partial charge is 0.404 e. The van der Waals surface area contributed by atoms with Crippen molar-refractivity contribution < 1.29 is 14.3 Å². The molecule has 0 fully saturated rings. The molecule has 0 bridgehead atoms. The molecule has 20 heavy (non-hydrogen) atoms. The molecular formula is C14H21BrN2O3. The Morgan fingerprint density at radius 2 is 2.10 bits per heavy atom. The van der Waals surface area contributed by atoms with Crippen LogP contribution in [-0.2, 0) is 9.47 Å². The maximum atomic E-state index is 10.8. The van der Waals surface area contributed by atoms with Crippen molar-refractivity contribution in [3.05, 3.63) is 28.5 Å². The number of amides is 1. The number of carbonyl (C=O) groups is 1. The molecule has 1 aromatic heterocycles. The highest BCUT2D eigenvalue weighted by atomic mass is 79.9. The van der Waals surface area contributed by atoms with Crippen molar-refractivity contribution in [2.24, 2.45) is 11.1 Å². The molecule has 0 aliphatic heterocycles. The summed E-state index contributed by atoms with van der Waals surface area (Å²) in [5.74, 6) is 0.0208. The van der Waals surface area contributed by atoms with Crippen LogP contribution in [0.15, 0.2) is 22.9 Å². The number of pyridine rings is 1. The van der Waals surface area contributed by atoms with Crippen LogP contribution in [0.5, 0.6) is 0 Å². The standard InChI is InChI=1S/C14H21BrN2O3/c1-14(2,3)12(9-5-6-11(15)17-7-9)10(19-4)8-20-13(16)18/h5-7,10,12H,8H2,1-4H3,(H2,16,18). The van der Waals surface area contributed by atoms with Gasteiger partial charge in [0.25, 0.3) is 0 Å². The van der Waals surface area contributed by atoms with E-state index < -0.39 is 6.09 Å². The summed E-state index contributed by atoms with van der Waals surface area (Å²) in [4.78, 5) is 15.1. The van der Waals surface area contributed by atoms with Crippen LogP contribution in [0.1, 0.15) is 32.3 Å². The minimum atomic E-state index is -0.798. The molecule has 0 saturated carbocycles. The molecule has 0 aliphatic carbocycles. The molecule has 1 rings (SSSR count). The summed E-state index contributed by atoms with van der Waals surface area (Å²) in [6.45, 7) is 6.44. The quantitative estimate of drug-likeness (QED) is 0.833. The first-order chi connectivity index (χ1) is 9.25. The van der Waals surface area contributed by atoms with E-state index in [4.69, 9.17) is 15.2 Å². The molecule has 5 nitrogen and oxygen atoms in total. The number of aromatic nitrogens is 1. The van der Waals surface area contributed by atoms with Crippen molar-refractivity contribution in [3.8, 4) is 0 Å². The maximum absolute atomic E-state index is 10.8. The van der Waals surface area contributed by atoms with E-state index in [0.29, 0.717) is 0 Å². The minimum absolute atomic E-state index is 0.0208. The van der Waals surface area contributed by atoms with Gasteiger partial charge in [-0.25, -0.2) is 9.78 Å². The van der Waals surface area contributed by atoms with Gasteiger partial charge in [-0.3, -0.25) is 0 Å². The topological polar surface area (TPSA) is 74.4 Å². The molecular weight excluding hydrogens is 324 g/mol. The van der Waals surface area contributed by atoms with Gasteiger partial charge in [-0.2, -0.15) is 0 Å². The molecule has 1 amide bonds. The normalized spacial score (nSPS) is 14.7. The number of nitrogens with zero attached hydrogens (tertiary/aromatic N) is 1. The van der Waals surface area contributed by atoms with Gasteiger partial charge in [0, 0.05) is 19.2 Å². The third-order valence-electron chi connectivity index (χ3n) is 3.11. The third kappa shape index (κ3) is 4.76. The summed E-state index contributed by atoms with van der Waals surface area (Å²) in [7, 11) is 1.60. The van der Waals surface area contributed by atoms with Crippen LogP contribution in [0.4, 0.5) is 4.79 Å². The lowest BCUT2D eigenvalue weighted by molar-refractivity contribution is -0.00364. The lowest BCUT2D eigenvalue weighted by atomic mass is 9.74. The van der Waals surface area contributed by atoms with Crippen molar-refractivity contribution >= 4 is 22.0 Å². The van der Waals surface area contributed by atoms with Crippen molar-refractivity contribution in [1.82, 2.24) is 4.98 Å². The monoisotopic (exact) mass is 344 g/mol. The van der Waals surface area contributed by atoms with Crippen LogP contribution in [0, 0.1) is 5.41 Å². The second kappa shape index (κ2) is 7.04. The zero-order valence-corrected chi connectivity index (χ0v) is 13.8. The fraction of sp³-hybridized carbons (Fsp3) is 0.571. The zero-order chi connectivity index (χ0) is 15.3. The summed E-state index contributed by atoms with van der Waals surface area (Å²) in [5.41, 5.74) is 5.97. The number of primary amides is 1. The number of hydrogen-bond donors (Lipinski definition) is 1. The minimum Gasteiger partial charge on any atom is -0.447 e. The lowest BCUT2D eigenvalue weighted by Crippen LogP contribution is -2.36. The summed E-state index contributed by atoms with van der Waals surface area (Å²) < 4.78 is 11.2. The highest BCUT2D eigenvalue weighted by molar-refractivity contribution is 9.10. The molecule has 1 aromatic rings. The van der Waals surface area contributed by atoms with Crippen LogP contribution < -0.4 is 5.73 Å². The zero-order valence-electron chi connectivity index (χ0n) is 12.2. The van der Waals surface area contributed by atoms with Gasteiger partial charge in [0.2, 0.25) is 0 Å². The largest absolute Gasteiger partial charge is 0.447 e. The number of carbonyl (C=O) groups excluding carboxylic acids is 1. The first kappa shape index (κ1) is 16.9. The molecule has 0 spiro atoms. The number of ether oxygens (including phenoxy) is 2. The van der Waals surface area contributed by atoms with E-state index in [2.05, 4.69) is 41.7 Å². The van der Waals surface area contributed by atoms with Gasteiger partial charge in [-0.05, 0) is 33.0 Å². The summed E-state index contributed by atoms with van der Waals surface area (Å²) in [5, 5.41) is 0. The Hall–Kier alpha value is -1.14. The summed E-state index contributed by atoms with van der Waals surface area (Å²) >= 11 is 3.32. The summed E-state index contributed by atoms with van der Waals surface area (Å²) in [6, 6.07) is 3.87. The SMILES string of the molecule is COC(COC(N)=O)C(c1ccc(Br)nc1)C(C)(C)C. The van der Waals surface area contributed by atoms with Crippen molar-refractivity contribution in [1.29, 1.82) is 0 Å². The highest BCUT2D eigenvalue weighted by Crippen LogP contribution is 2.39. The van der Waals surface area contributed by atoms with E-state index in [1.54, 1.807) is 13.3 Å². The van der Waals surface area contributed by atoms with E-state index in [-0.39, 0.29) is 24.0 Å². The van der Waals surface area contributed by atoms with E-state index in [9.17, 15) is 4.79 Å². The van der Waals surface area contributed by atoms with Crippen LogP contribution in [0.2, 0.25) is 0 Å². The van der Waals surface area contributed by atoms with Gasteiger partial charge in [-0.15, -0.1) is 0 Å². The van der Waals surface area contributed by atoms with Crippen LogP contribution in [0.25, 0.3) is 0 Å².